The number of hydrogen-bond acceptors (Lipinski definition) is 5. The van der Waals surface area contributed by atoms with E-state index in [9.17, 15) is 4.79 Å². The zero-order valence-electron chi connectivity index (χ0n) is 13.4. The van der Waals surface area contributed by atoms with Gasteiger partial charge in [-0.05, 0) is 41.5 Å². The molecular formula is C14H25N5O. The molecule has 0 fully saturated rings. The van der Waals surface area contributed by atoms with Gasteiger partial charge in [0.1, 0.15) is 23.5 Å². The average Bonchev–Trinajstić information content (AvgIpc) is 2.31. The van der Waals surface area contributed by atoms with E-state index in [-0.39, 0.29) is 17.5 Å². The first-order valence-electron chi connectivity index (χ1n) is 6.75. The third-order valence-electron chi connectivity index (χ3n) is 2.74. The molecule has 1 heterocycles. The highest BCUT2D eigenvalue weighted by Gasteiger charge is 2.20. The third kappa shape index (κ3) is 4.36. The van der Waals surface area contributed by atoms with Crippen LogP contribution in [0, 0.1) is 13.8 Å². The molecule has 0 aliphatic heterocycles. The molecule has 3 N–H and O–H groups in total. The van der Waals surface area contributed by atoms with Crippen molar-refractivity contribution in [3.05, 3.63) is 11.4 Å². The highest BCUT2D eigenvalue weighted by atomic mass is 16.2. The van der Waals surface area contributed by atoms with E-state index in [0.717, 1.165) is 11.4 Å². The molecule has 1 aromatic rings. The fraction of sp³-hybridized carbons (Fsp3) is 0.643. The predicted molar refractivity (Wildman–Crippen MR) is 82.0 cm³/mol. The Labute approximate surface area is 120 Å². The molecule has 0 saturated carbocycles. The van der Waals surface area contributed by atoms with Gasteiger partial charge in [-0.25, -0.2) is 9.97 Å². The van der Waals surface area contributed by atoms with Gasteiger partial charge in [-0.3, -0.25) is 4.79 Å². The molecule has 0 aliphatic carbocycles. The zero-order valence-corrected chi connectivity index (χ0v) is 13.4. The molecule has 0 spiro atoms. The minimum Gasteiger partial charge on any atom is -0.373 e. The quantitative estimate of drug-likeness (QED) is 0.784. The van der Waals surface area contributed by atoms with E-state index in [0.29, 0.717) is 11.6 Å². The predicted octanol–water partition coefficient (Wildman–Crippen LogP) is 1.85. The van der Waals surface area contributed by atoms with Crippen LogP contribution in [-0.4, -0.2) is 34.5 Å². The van der Waals surface area contributed by atoms with E-state index in [1.54, 1.807) is 0 Å². The van der Waals surface area contributed by atoms with Crippen LogP contribution >= 0.6 is 0 Å². The Kier molecular flexibility index (Phi) is 4.92. The monoisotopic (exact) mass is 279 g/mol. The third-order valence-corrected chi connectivity index (χ3v) is 2.74. The summed E-state index contributed by atoms with van der Waals surface area (Å²) in [6.45, 7) is 11.4. The summed E-state index contributed by atoms with van der Waals surface area (Å²) in [6, 6.07) is -0.369. The lowest BCUT2D eigenvalue weighted by atomic mass is 10.1. The van der Waals surface area contributed by atoms with Gasteiger partial charge in [0.2, 0.25) is 5.91 Å². The van der Waals surface area contributed by atoms with Crippen LogP contribution in [0.4, 0.5) is 11.6 Å². The second-order valence-electron chi connectivity index (χ2n) is 5.95. The largest absolute Gasteiger partial charge is 0.373 e. The number of aryl methyl sites for hydroxylation is 1. The van der Waals surface area contributed by atoms with Crippen LogP contribution in [0.1, 0.15) is 39.1 Å². The average molecular weight is 279 g/mol. The maximum Gasteiger partial charge on any atom is 0.242 e. The second kappa shape index (κ2) is 6.07. The number of amides is 1. The number of nitrogens with one attached hydrogen (secondary N) is 3. The van der Waals surface area contributed by atoms with Gasteiger partial charge in [-0.2, -0.15) is 0 Å². The summed E-state index contributed by atoms with van der Waals surface area (Å²) in [5.41, 5.74) is 0.647. The van der Waals surface area contributed by atoms with Gasteiger partial charge >= 0.3 is 0 Å². The van der Waals surface area contributed by atoms with Crippen LogP contribution in [0.25, 0.3) is 0 Å². The fourth-order valence-corrected chi connectivity index (χ4v) is 1.76. The molecule has 0 aliphatic rings. The number of hydrogen-bond donors (Lipinski definition) is 3. The Morgan fingerprint density at radius 1 is 1.15 bits per heavy atom. The molecule has 20 heavy (non-hydrogen) atoms. The Morgan fingerprint density at radius 3 is 2.20 bits per heavy atom. The van der Waals surface area contributed by atoms with Crippen LogP contribution in [0.3, 0.4) is 0 Å². The summed E-state index contributed by atoms with van der Waals surface area (Å²) in [5, 5.41) is 9.11. The summed E-state index contributed by atoms with van der Waals surface area (Å²) in [6.07, 6.45) is 0. The van der Waals surface area contributed by atoms with E-state index >= 15 is 0 Å². The molecule has 0 saturated heterocycles. The first-order valence-corrected chi connectivity index (χ1v) is 6.75. The van der Waals surface area contributed by atoms with Crippen molar-refractivity contribution in [3.63, 3.8) is 0 Å². The van der Waals surface area contributed by atoms with Gasteiger partial charge in [-0.1, -0.05) is 0 Å². The summed E-state index contributed by atoms with van der Waals surface area (Å²) in [7, 11) is 1.81. The van der Waals surface area contributed by atoms with Gasteiger partial charge in [0.25, 0.3) is 0 Å². The summed E-state index contributed by atoms with van der Waals surface area (Å²) in [5.74, 6) is 2.05. The number of anilines is 2. The lowest BCUT2D eigenvalue weighted by molar-refractivity contribution is -0.122. The zero-order chi connectivity index (χ0) is 15.5. The Morgan fingerprint density at radius 2 is 1.70 bits per heavy atom. The van der Waals surface area contributed by atoms with Gasteiger partial charge in [0, 0.05) is 18.2 Å². The molecule has 112 valence electrons. The highest BCUT2D eigenvalue weighted by molar-refractivity contribution is 5.84. The van der Waals surface area contributed by atoms with Crippen LogP contribution in [-0.2, 0) is 4.79 Å². The smallest absolute Gasteiger partial charge is 0.242 e. The molecule has 6 heteroatoms. The molecule has 1 unspecified atom stereocenters. The molecule has 0 bridgehead atoms. The summed E-state index contributed by atoms with van der Waals surface area (Å²) in [4.78, 5) is 20.7. The molecule has 1 aromatic heterocycles. The summed E-state index contributed by atoms with van der Waals surface area (Å²) >= 11 is 0. The van der Waals surface area contributed by atoms with Crippen LogP contribution in [0.5, 0.6) is 0 Å². The Balaban J connectivity index is 2.88. The standard InChI is InChI=1S/C14H25N5O/c1-8-11(15-7)17-10(3)18-12(8)16-9(2)13(20)19-14(4,5)6/h9H,1-7H3,(H,19,20)(H2,15,16,17,18). The SMILES string of the molecule is CNc1nc(C)nc(NC(C)C(=O)NC(C)(C)C)c1C. The van der Waals surface area contributed by atoms with E-state index in [4.69, 9.17) is 0 Å². The highest BCUT2D eigenvalue weighted by Crippen LogP contribution is 2.20. The minimum absolute atomic E-state index is 0.0563. The van der Waals surface area contributed by atoms with Crippen LogP contribution in [0.15, 0.2) is 0 Å². The van der Waals surface area contributed by atoms with Crippen molar-refractivity contribution < 1.29 is 4.79 Å². The maximum absolute atomic E-state index is 12.1. The van der Waals surface area contributed by atoms with Crippen LogP contribution < -0.4 is 16.0 Å². The topological polar surface area (TPSA) is 78.9 Å². The van der Waals surface area contributed by atoms with Crippen molar-refractivity contribution in [2.45, 2.75) is 53.1 Å². The lowest BCUT2D eigenvalue weighted by Crippen LogP contribution is -2.47. The van der Waals surface area contributed by atoms with Crippen molar-refractivity contribution >= 4 is 17.5 Å². The number of aromatic nitrogens is 2. The number of carbonyl (C=O) groups is 1. The van der Waals surface area contributed by atoms with E-state index in [2.05, 4.69) is 25.9 Å². The summed E-state index contributed by atoms with van der Waals surface area (Å²) < 4.78 is 0. The van der Waals surface area contributed by atoms with Crippen LogP contribution in [0.2, 0.25) is 0 Å². The van der Waals surface area contributed by atoms with Crippen molar-refractivity contribution in [3.8, 4) is 0 Å². The maximum atomic E-state index is 12.1. The molecule has 6 nitrogen and oxygen atoms in total. The molecule has 1 atom stereocenters. The van der Waals surface area contributed by atoms with E-state index in [1.807, 2.05) is 48.6 Å². The van der Waals surface area contributed by atoms with Gasteiger partial charge in [0.05, 0.1) is 0 Å². The van der Waals surface area contributed by atoms with Gasteiger partial charge in [-0.15, -0.1) is 0 Å². The molecular weight excluding hydrogens is 254 g/mol. The molecule has 0 aromatic carbocycles. The fourth-order valence-electron chi connectivity index (χ4n) is 1.76. The molecule has 1 rings (SSSR count). The van der Waals surface area contributed by atoms with E-state index in [1.165, 1.54) is 0 Å². The lowest BCUT2D eigenvalue weighted by Gasteiger charge is -2.24. The van der Waals surface area contributed by atoms with Gasteiger partial charge < -0.3 is 16.0 Å². The first-order chi connectivity index (χ1) is 9.14. The minimum atomic E-state index is -0.369. The number of nitrogens with zero attached hydrogens (tertiary/aromatic N) is 2. The van der Waals surface area contributed by atoms with Crippen molar-refractivity contribution in [2.24, 2.45) is 0 Å². The van der Waals surface area contributed by atoms with Crippen molar-refractivity contribution in [1.82, 2.24) is 15.3 Å². The number of carbonyl (C=O) groups excluding carboxylic acids is 1. The van der Waals surface area contributed by atoms with Gasteiger partial charge in [0.15, 0.2) is 0 Å². The Hall–Kier alpha value is -1.85. The normalized spacial score (nSPS) is 12.8. The first kappa shape index (κ1) is 16.2. The Bertz CT molecular complexity index is 493. The molecule has 1 amide bonds. The van der Waals surface area contributed by atoms with Crippen molar-refractivity contribution in [1.29, 1.82) is 0 Å². The molecule has 0 radical (unpaired) electrons. The second-order valence-corrected chi connectivity index (χ2v) is 5.95. The van der Waals surface area contributed by atoms with E-state index < -0.39 is 0 Å². The van der Waals surface area contributed by atoms with Crippen molar-refractivity contribution in [2.75, 3.05) is 17.7 Å². The number of rotatable bonds is 4.